The lowest BCUT2D eigenvalue weighted by Crippen LogP contribution is -2.34. The van der Waals surface area contributed by atoms with Crippen molar-refractivity contribution in [2.45, 2.75) is 13.0 Å². The molecule has 84 valence electrons. The van der Waals surface area contributed by atoms with Gasteiger partial charge in [-0.2, -0.15) is 5.10 Å². The largest absolute Gasteiger partial charge is 0.394 e. The van der Waals surface area contributed by atoms with E-state index < -0.39 is 0 Å². The highest BCUT2D eigenvalue weighted by molar-refractivity contribution is 5.97. The maximum atomic E-state index is 11.7. The van der Waals surface area contributed by atoms with Crippen LogP contribution in [0.25, 0.3) is 10.9 Å². The highest BCUT2D eigenvalue weighted by Gasteiger charge is 2.09. The standard InChI is InChI=1S/C11H13N3O2/c1-7(6-15)13-11(16)8-2-3-9-5-12-14-10(9)4-8/h2-5,7,15H,6H2,1H3,(H,12,14)(H,13,16)/t7-/m0/s1. The number of hydrogen-bond acceptors (Lipinski definition) is 3. The lowest BCUT2D eigenvalue weighted by atomic mass is 10.1. The smallest absolute Gasteiger partial charge is 0.251 e. The first-order valence-corrected chi connectivity index (χ1v) is 5.05. The molecule has 1 aromatic heterocycles. The maximum Gasteiger partial charge on any atom is 0.251 e. The van der Waals surface area contributed by atoms with E-state index in [1.54, 1.807) is 25.3 Å². The van der Waals surface area contributed by atoms with E-state index in [0.717, 1.165) is 10.9 Å². The summed E-state index contributed by atoms with van der Waals surface area (Å²) in [5.41, 5.74) is 1.38. The number of aromatic nitrogens is 2. The van der Waals surface area contributed by atoms with Gasteiger partial charge in [-0.05, 0) is 19.1 Å². The van der Waals surface area contributed by atoms with E-state index in [1.165, 1.54) is 0 Å². The molecule has 0 aliphatic rings. The third-order valence-corrected chi connectivity index (χ3v) is 2.36. The van der Waals surface area contributed by atoms with Crippen molar-refractivity contribution in [3.05, 3.63) is 30.0 Å². The second-order valence-electron chi connectivity index (χ2n) is 3.73. The zero-order valence-corrected chi connectivity index (χ0v) is 8.90. The van der Waals surface area contributed by atoms with Crippen molar-refractivity contribution >= 4 is 16.8 Å². The van der Waals surface area contributed by atoms with Gasteiger partial charge in [0.25, 0.3) is 5.91 Å². The Morgan fingerprint density at radius 3 is 3.19 bits per heavy atom. The number of fused-ring (bicyclic) bond motifs is 1. The van der Waals surface area contributed by atoms with Crippen molar-refractivity contribution in [3.8, 4) is 0 Å². The number of aliphatic hydroxyl groups is 1. The average molecular weight is 219 g/mol. The Bertz CT molecular complexity index is 507. The molecule has 0 bridgehead atoms. The van der Waals surface area contributed by atoms with Crippen molar-refractivity contribution in [1.29, 1.82) is 0 Å². The van der Waals surface area contributed by atoms with E-state index in [1.807, 2.05) is 6.07 Å². The van der Waals surface area contributed by atoms with Crippen molar-refractivity contribution < 1.29 is 9.90 Å². The maximum absolute atomic E-state index is 11.7. The summed E-state index contributed by atoms with van der Waals surface area (Å²) in [6.45, 7) is 1.67. The molecule has 16 heavy (non-hydrogen) atoms. The van der Waals surface area contributed by atoms with Gasteiger partial charge in [0.15, 0.2) is 0 Å². The van der Waals surface area contributed by atoms with Gasteiger partial charge in [-0.1, -0.05) is 6.07 Å². The second-order valence-corrected chi connectivity index (χ2v) is 3.73. The van der Waals surface area contributed by atoms with E-state index in [0.29, 0.717) is 5.56 Å². The molecule has 0 unspecified atom stereocenters. The van der Waals surface area contributed by atoms with Crippen LogP contribution in [0.2, 0.25) is 0 Å². The quantitative estimate of drug-likeness (QED) is 0.710. The molecule has 5 heteroatoms. The Morgan fingerprint density at radius 1 is 1.62 bits per heavy atom. The molecule has 5 nitrogen and oxygen atoms in total. The van der Waals surface area contributed by atoms with Gasteiger partial charge in [0.2, 0.25) is 0 Å². The molecule has 0 saturated heterocycles. The van der Waals surface area contributed by atoms with Crippen molar-refractivity contribution in [2.75, 3.05) is 6.61 Å². The molecule has 0 spiro atoms. The zero-order chi connectivity index (χ0) is 11.5. The first-order chi connectivity index (χ1) is 7.70. The van der Waals surface area contributed by atoms with Crippen LogP contribution in [0, 0.1) is 0 Å². The summed E-state index contributed by atoms with van der Waals surface area (Å²) in [5.74, 6) is -0.196. The van der Waals surface area contributed by atoms with Gasteiger partial charge in [0.1, 0.15) is 0 Å². The first kappa shape index (κ1) is 10.6. The van der Waals surface area contributed by atoms with Crippen LogP contribution in [-0.4, -0.2) is 33.9 Å². The van der Waals surface area contributed by atoms with Gasteiger partial charge in [-0.15, -0.1) is 0 Å². The number of H-pyrrole nitrogens is 1. The summed E-state index contributed by atoms with van der Waals surface area (Å²) in [5, 5.41) is 19.2. The molecular weight excluding hydrogens is 206 g/mol. The van der Waals surface area contributed by atoms with Crippen LogP contribution in [0.15, 0.2) is 24.4 Å². The number of nitrogens with zero attached hydrogens (tertiary/aromatic N) is 1. The van der Waals surface area contributed by atoms with E-state index in [4.69, 9.17) is 5.11 Å². The molecule has 0 radical (unpaired) electrons. The Kier molecular flexibility index (Phi) is 2.87. The number of aliphatic hydroxyl groups excluding tert-OH is 1. The summed E-state index contributed by atoms with van der Waals surface area (Å²) in [6, 6.07) is 5.06. The highest BCUT2D eigenvalue weighted by atomic mass is 16.3. The zero-order valence-electron chi connectivity index (χ0n) is 8.90. The molecule has 0 aliphatic heterocycles. The van der Waals surface area contributed by atoms with Gasteiger partial charge in [0, 0.05) is 17.0 Å². The fourth-order valence-corrected chi connectivity index (χ4v) is 1.43. The number of nitrogens with one attached hydrogen (secondary N) is 2. The van der Waals surface area contributed by atoms with Crippen LogP contribution in [0.4, 0.5) is 0 Å². The number of aromatic amines is 1. The van der Waals surface area contributed by atoms with Crippen LogP contribution in [-0.2, 0) is 0 Å². The number of rotatable bonds is 3. The van der Waals surface area contributed by atoms with Crippen molar-refractivity contribution in [2.24, 2.45) is 0 Å². The number of carbonyl (C=O) groups excluding carboxylic acids is 1. The monoisotopic (exact) mass is 219 g/mol. The summed E-state index contributed by atoms with van der Waals surface area (Å²) in [7, 11) is 0. The molecule has 0 saturated carbocycles. The summed E-state index contributed by atoms with van der Waals surface area (Å²) in [6.07, 6.45) is 1.70. The predicted molar refractivity (Wildman–Crippen MR) is 60.1 cm³/mol. The van der Waals surface area contributed by atoms with Crippen molar-refractivity contribution in [1.82, 2.24) is 15.5 Å². The minimum Gasteiger partial charge on any atom is -0.394 e. The summed E-state index contributed by atoms with van der Waals surface area (Å²) >= 11 is 0. The minimum absolute atomic E-state index is 0.0714. The molecule has 2 aromatic rings. The predicted octanol–water partition coefficient (Wildman–Crippen LogP) is 0.674. The Labute approximate surface area is 92.5 Å². The molecule has 0 fully saturated rings. The van der Waals surface area contributed by atoms with E-state index >= 15 is 0 Å². The molecule has 0 aliphatic carbocycles. The van der Waals surface area contributed by atoms with E-state index in [2.05, 4.69) is 15.5 Å². The van der Waals surface area contributed by atoms with Gasteiger partial charge in [-0.3, -0.25) is 9.89 Å². The van der Waals surface area contributed by atoms with Gasteiger partial charge in [-0.25, -0.2) is 0 Å². The number of benzene rings is 1. The van der Waals surface area contributed by atoms with Gasteiger partial charge in [0.05, 0.1) is 18.3 Å². The first-order valence-electron chi connectivity index (χ1n) is 5.05. The summed E-state index contributed by atoms with van der Waals surface area (Å²) < 4.78 is 0. The normalized spacial score (nSPS) is 12.6. The number of hydrogen-bond donors (Lipinski definition) is 3. The molecule has 1 atom stereocenters. The molecular formula is C11H13N3O2. The Morgan fingerprint density at radius 2 is 2.44 bits per heavy atom. The Balaban J connectivity index is 2.22. The highest BCUT2D eigenvalue weighted by Crippen LogP contribution is 2.12. The minimum atomic E-state index is -0.245. The topological polar surface area (TPSA) is 78.0 Å². The fourth-order valence-electron chi connectivity index (χ4n) is 1.43. The lowest BCUT2D eigenvalue weighted by Gasteiger charge is -2.10. The molecule has 1 aromatic carbocycles. The molecule has 1 heterocycles. The third-order valence-electron chi connectivity index (χ3n) is 2.36. The number of amides is 1. The molecule has 3 N–H and O–H groups in total. The molecule has 2 rings (SSSR count). The average Bonchev–Trinajstić information content (AvgIpc) is 2.75. The van der Waals surface area contributed by atoms with Gasteiger partial charge < -0.3 is 10.4 Å². The van der Waals surface area contributed by atoms with Crippen LogP contribution in [0.5, 0.6) is 0 Å². The SMILES string of the molecule is C[C@@H](CO)NC(=O)c1ccc2cn[nH]c2c1. The van der Waals surface area contributed by atoms with Crippen molar-refractivity contribution in [3.63, 3.8) is 0 Å². The van der Waals surface area contributed by atoms with Crippen LogP contribution < -0.4 is 5.32 Å². The summed E-state index contributed by atoms with van der Waals surface area (Å²) in [4.78, 5) is 11.7. The third kappa shape index (κ3) is 2.04. The van der Waals surface area contributed by atoms with E-state index in [-0.39, 0.29) is 18.6 Å². The second kappa shape index (κ2) is 4.32. The Hall–Kier alpha value is -1.88. The lowest BCUT2D eigenvalue weighted by molar-refractivity contribution is 0.0922. The van der Waals surface area contributed by atoms with Crippen LogP contribution in [0.3, 0.4) is 0 Å². The van der Waals surface area contributed by atoms with Gasteiger partial charge >= 0.3 is 0 Å². The van der Waals surface area contributed by atoms with Crippen LogP contribution in [0.1, 0.15) is 17.3 Å². The van der Waals surface area contributed by atoms with E-state index in [9.17, 15) is 4.79 Å². The number of carbonyl (C=O) groups is 1. The molecule has 1 amide bonds. The van der Waals surface area contributed by atoms with Crippen LogP contribution >= 0.6 is 0 Å². The fraction of sp³-hybridized carbons (Fsp3) is 0.273.